The fraction of sp³-hybridized carbons (Fsp3) is 0.556. The standard InChI is InChI=1S/C9H15N3O/c1-7(2)9(13)8-5-12(4-3-10)6-11-8/h5-7H,3-4,10H2,1-2H3. The quantitative estimate of drug-likeness (QED) is 0.695. The summed E-state index contributed by atoms with van der Waals surface area (Å²) in [6, 6.07) is 0. The number of ketones is 1. The monoisotopic (exact) mass is 181 g/mol. The molecule has 1 heterocycles. The molecule has 0 bridgehead atoms. The number of hydrogen-bond donors (Lipinski definition) is 1. The zero-order chi connectivity index (χ0) is 9.84. The van der Waals surface area contributed by atoms with Crippen molar-refractivity contribution in [2.75, 3.05) is 6.54 Å². The molecule has 0 aliphatic heterocycles. The zero-order valence-corrected chi connectivity index (χ0v) is 8.03. The predicted octanol–water partition coefficient (Wildman–Crippen LogP) is 0.680. The smallest absolute Gasteiger partial charge is 0.185 e. The van der Waals surface area contributed by atoms with Gasteiger partial charge in [-0.25, -0.2) is 4.98 Å². The van der Waals surface area contributed by atoms with E-state index in [0.29, 0.717) is 18.8 Å². The molecule has 0 amide bonds. The van der Waals surface area contributed by atoms with Gasteiger partial charge in [0.25, 0.3) is 0 Å². The Morgan fingerprint density at radius 2 is 2.38 bits per heavy atom. The lowest BCUT2D eigenvalue weighted by Gasteiger charge is -1.99. The summed E-state index contributed by atoms with van der Waals surface area (Å²) in [5.74, 6) is 0.0806. The van der Waals surface area contributed by atoms with Crippen molar-refractivity contribution in [2.24, 2.45) is 11.7 Å². The van der Waals surface area contributed by atoms with Crippen LogP contribution in [0.5, 0.6) is 0 Å². The highest BCUT2D eigenvalue weighted by Crippen LogP contribution is 2.05. The summed E-state index contributed by atoms with van der Waals surface area (Å²) in [5.41, 5.74) is 5.90. The normalized spacial score (nSPS) is 10.8. The Hall–Kier alpha value is -1.16. The van der Waals surface area contributed by atoms with Gasteiger partial charge in [-0.2, -0.15) is 0 Å². The number of rotatable bonds is 4. The average Bonchev–Trinajstić information content (AvgIpc) is 2.52. The van der Waals surface area contributed by atoms with Crippen molar-refractivity contribution in [3.05, 3.63) is 18.2 Å². The Kier molecular flexibility index (Phi) is 3.19. The van der Waals surface area contributed by atoms with Crippen molar-refractivity contribution in [3.63, 3.8) is 0 Å². The summed E-state index contributed by atoms with van der Waals surface area (Å²) in [7, 11) is 0. The number of nitrogens with two attached hydrogens (primary N) is 1. The molecular formula is C9H15N3O. The van der Waals surface area contributed by atoms with Crippen LogP contribution in [-0.4, -0.2) is 21.9 Å². The van der Waals surface area contributed by atoms with E-state index in [1.807, 2.05) is 18.4 Å². The molecule has 1 rings (SSSR count). The van der Waals surface area contributed by atoms with Gasteiger partial charge in [0.1, 0.15) is 5.69 Å². The molecule has 0 spiro atoms. The Morgan fingerprint density at radius 3 is 2.92 bits per heavy atom. The highest BCUT2D eigenvalue weighted by molar-refractivity contribution is 5.95. The summed E-state index contributed by atoms with van der Waals surface area (Å²) in [6.45, 7) is 5.00. The first-order valence-corrected chi connectivity index (χ1v) is 4.41. The third kappa shape index (κ3) is 2.39. The molecule has 0 saturated carbocycles. The van der Waals surface area contributed by atoms with Gasteiger partial charge in [0.15, 0.2) is 5.78 Å². The molecular weight excluding hydrogens is 166 g/mol. The predicted molar refractivity (Wildman–Crippen MR) is 50.4 cm³/mol. The maximum Gasteiger partial charge on any atom is 0.185 e. The van der Waals surface area contributed by atoms with Crippen LogP contribution in [-0.2, 0) is 6.54 Å². The third-order valence-corrected chi connectivity index (χ3v) is 1.80. The van der Waals surface area contributed by atoms with Crippen LogP contribution in [0.15, 0.2) is 12.5 Å². The fourth-order valence-electron chi connectivity index (χ4n) is 1.05. The molecule has 13 heavy (non-hydrogen) atoms. The van der Waals surface area contributed by atoms with Gasteiger partial charge in [0.2, 0.25) is 0 Å². The van der Waals surface area contributed by atoms with E-state index < -0.39 is 0 Å². The molecule has 0 atom stereocenters. The second kappa shape index (κ2) is 4.18. The number of imidazole rings is 1. The zero-order valence-electron chi connectivity index (χ0n) is 8.03. The summed E-state index contributed by atoms with van der Waals surface area (Å²) in [5, 5.41) is 0. The van der Waals surface area contributed by atoms with Gasteiger partial charge >= 0.3 is 0 Å². The molecule has 4 heteroatoms. The summed E-state index contributed by atoms with van der Waals surface area (Å²) >= 11 is 0. The van der Waals surface area contributed by atoms with E-state index >= 15 is 0 Å². The molecule has 0 aliphatic rings. The summed E-state index contributed by atoms with van der Waals surface area (Å²) in [4.78, 5) is 15.5. The molecule has 1 aromatic heterocycles. The number of carbonyl (C=O) groups excluding carboxylic acids is 1. The highest BCUT2D eigenvalue weighted by Gasteiger charge is 2.12. The summed E-state index contributed by atoms with van der Waals surface area (Å²) in [6.07, 6.45) is 3.39. The number of Topliss-reactive ketones (excluding diaryl/α,β-unsaturated/α-hetero) is 1. The molecule has 1 aromatic rings. The van der Waals surface area contributed by atoms with Crippen LogP contribution in [0.2, 0.25) is 0 Å². The number of carbonyl (C=O) groups is 1. The SMILES string of the molecule is CC(C)C(=O)c1cn(CCN)cn1. The molecule has 0 saturated heterocycles. The van der Waals surface area contributed by atoms with Crippen molar-refractivity contribution in [1.29, 1.82) is 0 Å². The van der Waals surface area contributed by atoms with Crippen LogP contribution in [0, 0.1) is 5.92 Å². The Balaban J connectivity index is 2.73. The minimum Gasteiger partial charge on any atom is -0.335 e. The summed E-state index contributed by atoms with van der Waals surface area (Å²) < 4.78 is 1.83. The van der Waals surface area contributed by atoms with Gasteiger partial charge < -0.3 is 10.3 Å². The Labute approximate surface area is 77.8 Å². The van der Waals surface area contributed by atoms with Crippen LogP contribution in [0.3, 0.4) is 0 Å². The van der Waals surface area contributed by atoms with E-state index in [0.717, 1.165) is 0 Å². The first kappa shape index (κ1) is 9.92. The maximum absolute atomic E-state index is 11.5. The second-order valence-corrected chi connectivity index (χ2v) is 3.30. The minimum atomic E-state index is 0.00114. The van der Waals surface area contributed by atoms with Crippen molar-refractivity contribution >= 4 is 5.78 Å². The van der Waals surface area contributed by atoms with Crippen LogP contribution in [0.25, 0.3) is 0 Å². The third-order valence-electron chi connectivity index (χ3n) is 1.80. The topological polar surface area (TPSA) is 60.9 Å². The number of hydrogen-bond acceptors (Lipinski definition) is 3. The number of aromatic nitrogens is 2. The minimum absolute atomic E-state index is 0.00114. The van der Waals surface area contributed by atoms with Crippen molar-refractivity contribution in [2.45, 2.75) is 20.4 Å². The van der Waals surface area contributed by atoms with E-state index in [9.17, 15) is 4.79 Å². The molecule has 0 radical (unpaired) electrons. The van der Waals surface area contributed by atoms with Gasteiger partial charge in [-0.1, -0.05) is 13.8 Å². The van der Waals surface area contributed by atoms with Crippen LogP contribution < -0.4 is 5.73 Å². The van der Waals surface area contributed by atoms with Gasteiger partial charge in [0.05, 0.1) is 6.33 Å². The van der Waals surface area contributed by atoms with E-state index in [1.54, 1.807) is 12.5 Å². The van der Waals surface area contributed by atoms with Gasteiger partial charge in [-0.05, 0) is 0 Å². The lowest BCUT2D eigenvalue weighted by atomic mass is 10.1. The van der Waals surface area contributed by atoms with Crippen LogP contribution in [0.4, 0.5) is 0 Å². The molecule has 2 N–H and O–H groups in total. The van der Waals surface area contributed by atoms with Crippen molar-refractivity contribution in [3.8, 4) is 0 Å². The molecule has 0 unspecified atom stereocenters. The first-order valence-electron chi connectivity index (χ1n) is 4.41. The van der Waals surface area contributed by atoms with Gasteiger partial charge in [0, 0.05) is 25.2 Å². The van der Waals surface area contributed by atoms with E-state index in [4.69, 9.17) is 5.73 Å². The molecule has 0 aliphatic carbocycles. The van der Waals surface area contributed by atoms with Crippen LogP contribution >= 0.6 is 0 Å². The second-order valence-electron chi connectivity index (χ2n) is 3.30. The molecule has 72 valence electrons. The van der Waals surface area contributed by atoms with Crippen LogP contribution in [0.1, 0.15) is 24.3 Å². The lowest BCUT2D eigenvalue weighted by Crippen LogP contribution is -2.09. The van der Waals surface area contributed by atoms with Crippen molar-refractivity contribution < 1.29 is 4.79 Å². The van der Waals surface area contributed by atoms with E-state index in [1.165, 1.54) is 0 Å². The van der Waals surface area contributed by atoms with E-state index in [-0.39, 0.29) is 11.7 Å². The average molecular weight is 181 g/mol. The van der Waals surface area contributed by atoms with Crippen molar-refractivity contribution in [1.82, 2.24) is 9.55 Å². The van der Waals surface area contributed by atoms with Gasteiger partial charge in [-0.3, -0.25) is 4.79 Å². The molecule has 0 aromatic carbocycles. The first-order chi connectivity index (χ1) is 6.15. The Bertz CT molecular complexity index is 291. The molecule has 4 nitrogen and oxygen atoms in total. The largest absolute Gasteiger partial charge is 0.335 e. The number of nitrogens with zero attached hydrogens (tertiary/aromatic N) is 2. The van der Waals surface area contributed by atoms with Gasteiger partial charge in [-0.15, -0.1) is 0 Å². The fourth-order valence-corrected chi connectivity index (χ4v) is 1.05. The lowest BCUT2D eigenvalue weighted by molar-refractivity contribution is 0.0934. The Morgan fingerprint density at radius 1 is 1.69 bits per heavy atom. The van der Waals surface area contributed by atoms with E-state index in [2.05, 4.69) is 4.98 Å². The maximum atomic E-state index is 11.5. The molecule has 0 fully saturated rings. The highest BCUT2D eigenvalue weighted by atomic mass is 16.1.